The first-order valence-electron chi connectivity index (χ1n) is 7.42. The number of amides is 1. The van der Waals surface area contributed by atoms with Gasteiger partial charge in [-0.1, -0.05) is 36.4 Å². The lowest BCUT2D eigenvalue weighted by Gasteiger charge is -2.06. The summed E-state index contributed by atoms with van der Waals surface area (Å²) >= 11 is 2.67. The minimum absolute atomic E-state index is 0.0475. The molecule has 1 amide bonds. The second-order valence-corrected chi connectivity index (χ2v) is 6.86. The molecule has 4 nitrogen and oxygen atoms in total. The number of hydrogen-bond acceptors (Lipinski definition) is 5. The summed E-state index contributed by atoms with van der Waals surface area (Å²) in [5.41, 5.74) is 2.26. The van der Waals surface area contributed by atoms with E-state index in [9.17, 15) is 4.79 Å². The zero-order valence-corrected chi connectivity index (χ0v) is 14.2. The summed E-state index contributed by atoms with van der Waals surface area (Å²) in [4.78, 5) is 13.3. The van der Waals surface area contributed by atoms with Crippen molar-refractivity contribution in [2.24, 2.45) is 0 Å². The molecule has 0 spiro atoms. The zero-order chi connectivity index (χ0) is 16.4. The fraction of sp³-hybridized carbons (Fsp3) is 0.0556. The normalized spacial score (nSPS) is 11.0. The number of hydrogen-bond donors (Lipinski definition) is 1. The molecule has 0 unspecified atom stereocenters. The van der Waals surface area contributed by atoms with E-state index >= 15 is 0 Å². The number of carbonyl (C=O) groups excluding carboxylic acids is 1. The lowest BCUT2D eigenvalue weighted by molar-refractivity contribution is -0.113. The van der Waals surface area contributed by atoms with Crippen LogP contribution in [0.5, 0.6) is 0 Å². The molecule has 0 atom stereocenters. The number of aromatic nitrogens is 2. The van der Waals surface area contributed by atoms with Crippen molar-refractivity contribution in [2.75, 3.05) is 11.1 Å². The minimum atomic E-state index is -0.0475. The Labute approximate surface area is 147 Å². The highest BCUT2D eigenvalue weighted by molar-refractivity contribution is 8.00. The third-order valence-corrected chi connectivity index (χ3v) is 5.19. The van der Waals surface area contributed by atoms with E-state index in [0.717, 1.165) is 27.7 Å². The zero-order valence-electron chi connectivity index (χ0n) is 12.6. The van der Waals surface area contributed by atoms with Gasteiger partial charge in [0.25, 0.3) is 0 Å². The number of rotatable bonds is 4. The van der Waals surface area contributed by atoms with Gasteiger partial charge in [-0.2, -0.15) is 8.75 Å². The molecule has 0 radical (unpaired) electrons. The Kier molecular flexibility index (Phi) is 4.15. The first-order valence-corrected chi connectivity index (χ1v) is 9.14. The van der Waals surface area contributed by atoms with E-state index in [1.54, 1.807) is 0 Å². The quantitative estimate of drug-likeness (QED) is 0.547. The molecule has 0 saturated heterocycles. The Morgan fingerprint density at radius 3 is 2.79 bits per heavy atom. The molecule has 24 heavy (non-hydrogen) atoms. The topological polar surface area (TPSA) is 54.9 Å². The van der Waals surface area contributed by atoms with Gasteiger partial charge in [0, 0.05) is 4.90 Å². The van der Waals surface area contributed by atoms with Gasteiger partial charge in [0.1, 0.15) is 11.0 Å². The van der Waals surface area contributed by atoms with Crippen molar-refractivity contribution < 1.29 is 4.79 Å². The Morgan fingerprint density at radius 2 is 1.88 bits per heavy atom. The summed E-state index contributed by atoms with van der Waals surface area (Å²) in [6.07, 6.45) is 0. The molecule has 0 aliphatic rings. The molecular weight excluding hydrogens is 338 g/mol. The van der Waals surface area contributed by atoms with Crippen LogP contribution in [0.15, 0.2) is 65.6 Å². The molecule has 4 aromatic rings. The standard InChI is InChI=1S/C18H13N3OS2/c22-17(19-15-6-3-7-16-18(15)21-24-20-16)11-23-14-9-8-12-4-1-2-5-13(12)10-14/h1-10H,11H2,(H,19,22). The van der Waals surface area contributed by atoms with Gasteiger partial charge in [0.05, 0.1) is 23.2 Å². The molecule has 6 heteroatoms. The van der Waals surface area contributed by atoms with Gasteiger partial charge >= 0.3 is 0 Å². The van der Waals surface area contributed by atoms with Crippen molar-refractivity contribution in [3.63, 3.8) is 0 Å². The molecule has 1 aromatic heterocycles. The van der Waals surface area contributed by atoms with Gasteiger partial charge in [-0.05, 0) is 35.0 Å². The Morgan fingerprint density at radius 1 is 1.00 bits per heavy atom. The number of benzene rings is 3. The molecule has 4 rings (SSSR count). The van der Waals surface area contributed by atoms with E-state index in [0.29, 0.717) is 11.4 Å². The summed E-state index contributed by atoms with van der Waals surface area (Å²) < 4.78 is 8.42. The van der Waals surface area contributed by atoms with Crippen LogP contribution in [0.2, 0.25) is 0 Å². The van der Waals surface area contributed by atoms with Crippen molar-refractivity contribution in [2.45, 2.75) is 4.90 Å². The van der Waals surface area contributed by atoms with Crippen LogP contribution in [0.3, 0.4) is 0 Å². The van der Waals surface area contributed by atoms with Gasteiger partial charge in [-0.15, -0.1) is 11.8 Å². The lowest BCUT2D eigenvalue weighted by Crippen LogP contribution is -2.14. The minimum Gasteiger partial charge on any atom is -0.323 e. The fourth-order valence-electron chi connectivity index (χ4n) is 2.50. The van der Waals surface area contributed by atoms with E-state index in [-0.39, 0.29) is 5.91 Å². The van der Waals surface area contributed by atoms with Gasteiger partial charge < -0.3 is 5.32 Å². The molecule has 1 heterocycles. The second kappa shape index (κ2) is 6.59. The maximum atomic E-state index is 12.2. The number of nitrogens with one attached hydrogen (secondary N) is 1. The van der Waals surface area contributed by atoms with Crippen LogP contribution in [0.25, 0.3) is 21.8 Å². The Hall–Kier alpha value is -2.44. The molecule has 0 saturated carbocycles. The van der Waals surface area contributed by atoms with E-state index in [1.165, 1.54) is 22.5 Å². The molecule has 0 fully saturated rings. The van der Waals surface area contributed by atoms with Crippen LogP contribution in [0, 0.1) is 0 Å². The molecule has 0 bridgehead atoms. The molecule has 118 valence electrons. The highest BCUT2D eigenvalue weighted by Gasteiger charge is 2.09. The van der Waals surface area contributed by atoms with Crippen LogP contribution < -0.4 is 5.32 Å². The Bertz CT molecular complexity index is 1030. The number of anilines is 1. The third-order valence-electron chi connectivity index (χ3n) is 3.65. The number of nitrogens with zero attached hydrogens (tertiary/aromatic N) is 2. The monoisotopic (exact) mass is 351 g/mol. The molecule has 0 aliphatic heterocycles. The van der Waals surface area contributed by atoms with Crippen molar-refractivity contribution >= 4 is 56.9 Å². The highest BCUT2D eigenvalue weighted by Crippen LogP contribution is 2.25. The summed E-state index contributed by atoms with van der Waals surface area (Å²) in [5.74, 6) is 0.306. The number of thioether (sulfide) groups is 1. The van der Waals surface area contributed by atoms with Crippen LogP contribution in [-0.2, 0) is 4.79 Å². The highest BCUT2D eigenvalue weighted by atomic mass is 32.2. The lowest BCUT2D eigenvalue weighted by atomic mass is 10.1. The van der Waals surface area contributed by atoms with E-state index in [1.807, 2.05) is 36.4 Å². The largest absolute Gasteiger partial charge is 0.323 e. The Balaban J connectivity index is 1.45. The van der Waals surface area contributed by atoms with E-state index in [2.05, 4.69) is 38.3 Å². The van der Waals surface area contributed by atoms with Crippen LogP contribution in [-0.4, -0.2) is 20.4 Å². The van der Waals surface area contributed by atoms with Gasteiger partial charge in [0.15, 0.2) is 0 Å². The van der Waals surface area contributed by atoms with E-state index in [4.69, 9.17) is 0 Å². The van der Waals surface area contributed by atoms with Crippen molar-refractivity contribution in [3.8, 4) is 0 Å². The first-order chi connectivity index (χ1) is 11.8. The van der Waals surface area contributed by atoms with Crippen molar-refractivity contribution in [1.29, 1.82) is 0 Å². The average Bonchev–Trinajstić information content (AvgIpc) is 3.10. The van der Waals surface area contributed by atoms with Crippen molar-refractivity contribution in [3.05, 3.63) is 60.7 Å². The molecule has 0 aliphatic carbocycles. The number of carbonyl (C=O) groups is 1. The first kappa shape index (κ1) is 15.1. The smallest absolute Gasteiger partial charge is 0.234 e. The van der Waals surface area contributed by atoms with Gasteiger partial charge in [-0.25, -0.2) is 0 Å². The predicted octanol–water partition coefficient (Wildman–Crippen LogP) is 4.58. The van der Waals surface area contributed by atoms with Crippen LogP contribution in [0.1, 0.15) is 0 Å². The van der Waals surface area contributed by atoms with Crippen LogP contribution in [0.4, 0.5) is 5.69 Å². The summed E-state index contributed by atoms with van der Waals surface area (Å²) in [6.45, 7) is 0. The van der Waals surface area contributed by atoms with Gasteiger partial charge in [-0.3, -0.25) is 4.79 Å². The molecule has 1 N–H and O–H groups in total. The van der Waals surface area contributed by atoms with E-state index < -0.39 is 0 Å². The second-order valence-electron chi connectivity index (χ2n) is 5.28. The average molecular weight is 351 g/mol. The SMILES string of the molecule is O=C(CSc1ccc2ccccc2c1)Nc1cccc2nsnc12. The predicted molar refractivity (Wildman–Crippen MR) is 101 cm³/mol. The third kappa shape index (κ3) is 3.11. The van der Waals surface area contributed by atoms with Gasteiger partial charge in [0.2, 0.25) is 5.91 Å². The van der Waals surface area contributed by atoms with Crippen LogP contribution >= 0.6 is 23.5 Å². The number of fused-ring (bicyclic) bond motifs is 2. The maximum absolute atomic E-state index is 12.2. The molecule has 3 aromatic carbocycles. The molecular formula is C18H13N3OS2. The van der Waals surface area contributed by atoms with Crippen molar-refractivity contribution in [1.82, 2.24) is 8.75 Å². The summed E-state index contributed by atoms with van der Waals surface area (Å²) in [7, 11) is 0. The fourth-order valence-corrected chi connectivity index (χ4v) is 3.79. The summed E-state index contributed by atoms with van der Waals surface area (Å²) in [6, 6.07) is 20.1. The maximum Gasteiger partial charge on any atom is 0.234 e. The summed E-state index contributed by atoms with van der Waals surface area (Å²) in [5, 5.41) is 5.31.